The van der Waals surface area contributed by atoms with Crippen LogP contribution in [0.15, 0.2) is 47.6 Å². The van der Waals surface area contributed by atoms with Crippen molar-refractivity contribution in [3.05, 3.63) is 47.6 Å². The molecule has 1 N–H and O–H groups in total. The summed E-state index contributed by atoms with van der Waals surface area (Å²) in [5, 5.41) is 10.1. The van der Waals surface area contributed by atoms with Gasteiger partial charge in [0, 0.05) is 5.92 Å². The Kier molecular flexibility index (Phi) is 6.02. The molecular formula is C27H38O2. The molecule has 0 amide bonds. The van der Waals surface area contributed by atoms with E-state index in [1.807, 2.05) is 6.08 Å². The van der Waals surface area contributed by atoms with E-state index in [0.717, 1.165) is 37.7 Å². The molecule has 4 aliphatic rings. The Morgan fingerprint density at radius 3 is 2.69 bits per heavy atom. The van der Waals surface area contributed by atoms with Crippen LogP contribution in [-0.4, -0.2) is 17.0 Å². The molecule has 0 spiro atoms. The first-order valence-electron chi connectivity index (χ1n) is 11.9. The third-order valence-electron chi connectivity index (χ3n) is 8.45. The lowest BCUT2D eigenvalue weighted by atomic mass is 9.61. The average molecular weight is 395 g/mol. The number of carbonyl (C=O) groups is 1. The van der Waals surface area contributed by atoms with Crippen molar-refractivity contribution in [2.45, 2.75) is 84.2 Å². The van der Waals surface area contributed by atoms with E-state index in [1.54, 1.807) is 5.57 Å². The van der Waals surface area contributed by atoms with E-state index in [-0.39, 0.29) is 6.10 Å². The van der Waals surface area contributed by atoms with Crippen LogP contribution in [-0.2, 0) is 4.79 Å². The number of aliphatic hydroxyl groups excluding tert-OH is 1. The van der Waals surface area contributed by atoms with Crippen molar-refractivity contribution >= 4 is 5.78 Å². The zero-order valence-corrected chi connectivity index (χ0v) is 18.3. The topological polar surface area (TPSA) is 37.3 Å². The number of fused-ring (bicyclic) bond motifs is 1. The summed E-state index contributed by atoms with van der Waals surface area (Å²) in [6.07, 6.45) is 19.8. The normalized spacial score (nSPS) is 39.3. The van der Waals surface area contributed by atoms with Gasteiger partial charge >= 0.3 is 0 Å². The highest BCUT2D eigenvalue weighted by Gasteiger charge is 2.50. The number of hydrogen-bond acceptors (Lipinski definition) is 2. The maximum Gasteiger partial charge on any atom is 0.158 e. The minimum absolute atomic E-state index is 0.329. The van der Waals surface area contributed by atoms with Gasteiger partial charge in [-0.15, -0.1) is 0 Å². The molecule has 4 aliphatic carbocycles. The van der Waals surface area contributed by atoms with Gasteiger partial charge in [0.25, 0.3) is 0 Å². The minimum Gasteiger partial charge on any atom is -0.388 e. The lowest BCUT2D eigenvalue weighted by Gasteiger charge is -2.44. The van der Waals surface area contributed by atoms with Crippen LogP contribution in [0.2, 0.25) is 0 Å². The van der Waals surface area contributed by atoms with E-state index in [4.69, 9.17) is 0 Å². The maximum atomic E-state index is 12.1. The van der Waals surface area contributed by atoms with Crippen molar-refractivity contribution in [1.82, 2.24) is 0 Å². The zero-order valence-electron chi connectivity index (χ0n) is 18.3. The first kappa shape index (κ1) is 20.8. The van der Waals surface area contributed by atoms with Gasteiger partial charge in [-0.25, -0.2) is 0 Å². The van der Waals surface area contributed by atoms with E-state index < -0.39 is 0 Å². The summed E-state index contributed by atoms with van der Waals surface area (Å²) in [6.45, 7) is 8.95. The van der Waals surface area contributed by atoms with Crippen LogP contribution in [0.5, 0.6) is 0 Å². The summed E-state index contributed by atoms with van der Waals surface area (Å²) in [5.41, 5.74) is 4.12. The Balaban J connectivity index is 1.48. The largest absolute Gasteiger partial charge is 0.388 e. The average Bonchev–Trinajstić information content (AvgIpc) is 3.48. The summed E-state index contributed by atoms with van der Waals surface area (Å²) in [7, 11) is 0. The number of allylic oxidation sites excluding steroid dienone is 5. The fraction of sp³-hybridized carbons (Fsp3) is 0.667. The molecule has 0 bridgehead atoms. The summed E-state index contributed by atoms with van der Waals surface area (Å²) in [4.78, 5) is 12.1. The number of aliphatic hydroxyl groups is 1. The lowest BCUT2D eigenvalue weighted by Crippen LogP contribution is -2.35. The highest BCUT2D eigenvalue weighted by molar-refractivity contribution is 5.93. The van der Waals surface area contributed by atoms with Crippen LogP contribution in [0.1, 0.15) is 78.1 Å². The molecule has 0 aromatic heterocycles. The van der Waals surface area contributed by atoms with Gasteiger partial charge in [-0.1, -0.05) is 44.2 Å². The molecular weight excluding hydrogens is 356 g/mol. The van der Waals surface area contributed by atoms with Crippen LogP contribution < -0.4 is 0 Å². The van der Waals surface area contributed by atoms with Crippen LogP contribution in [0, 0.1) is 29.1 Å². The van der Waals surface area contributed by atoms with Gasteiger partial charge in [-0.05, 0) is 105 Å². The van der Waals surface area contributed by atoms with E-state index in [1.165, 1.54) is 37.7 Å². The Hall–Kier alpha value is -1.41. The molecule has 0 radical (unpaired) electrons. The number of ketones is 1. The molecule has 0 aliphatic heterocycles. The molecule has 0 heterocycles. The summed E-state index contributed by atoms with van der Waals surface area (Å²) in [6, 6.07) is 0. The maximum absolute atomic E-state index is 12.1. The van der Waals surface area contributed by atoms with Crippen molar-refractivity contribution in [2.24, 2.45) is 29.1 Å². The SMILES string of the molecule is C=C1/C(=C\C=C2/CCC[C@]3(C)[C@@H](C(C)/C=C/C(=O)C4CC4)CC[C@@H]23)CCC[C@@H]1O. The smallest absolute Gasteiger partial charge is 0.158 e. The van der Waals surface area contributed by atoms with Crippen molar-refractivity contribution in [3.63, 3.8) is 0 Å². The highest BCUT2D eigenvalue weighted by Crippen LogP contribution is 2.59. The van der Waals surface area contributed by atoms with Crippen molar-refractivity contribution in [3.8, 4) is 0 Å². The second-order valence-corrected chi connectivity index (χ2v) is 10.4. The second kappa shape index (κ2) is 8.38. The van der Waals surface area contributed by atoms with Crippen molar-refractivity contribution < 1.29 is 9.90 Å². The minimum atomic E-state index is -0.355. The Morgan fingerprint density at radius 1 is 1.14 bits per heavy atom. The van der Waals surface area contributed by atoms with Gasteiger partial charge in [0.05, 0.1) is 6.10 Å². The first-order valence-corrected chi connectivity index (χ1v) is 11.9. The molecule has 2 heteroatoms. The summed E-state index contributed by atoms with van der Waals surface area (Å²) < 4.78 is 0. The van der Waals surface area contributed by atoms with Crippen LogP contribution >= 0.6 is 0 Å². The molecule has 4 rings (SSSR count). The Morgan fingerprint density at radius 2 is 1.93 bits per heavy atom. The lowest BCUT2D eigenvalue weighted by molar-refractivity contribution is -0.115. The van der Waals surface area contributed by atoms with E-state index in [0.29, 0.717) is 34.9 Å². The van der Waals surface area contributed by atoms with Gasteiger partial charge in [0.2, 0.25) is 0 Å². The van der Waals surface area contributed by atoms with E-state index in [9.17, 15) is 9.90 Å². The number of rotatable bonds is 5. The molecule has 158 valence electrons. The van der Waals surface area contributed by atoms with Gasteiger partial charge in [0.15, 0.2) is 5.78 Å². The highest BCUT2D eigenvalue weighted by atomic mass is 16.3. The van der Waals surface area contributed by atoms with Crippen LogP contribution in [0.4, 0.5) is 0 Å². The Bertz CT molecular complexity index is 750. The molecule has 5 atom stereocenters. The quantitative estimate of drug-likeness (QED) is 0.553. The predicted molar refractivity (Wildman–Crippen MR) is 119 cm³/mol. The third-order valence-corrected chi connectivity index (χ3v) is 8.45. The molecule has 0 aromatic rings. The molecule has 4 saturated carbocycles. The fourth-order valence-electron chi connectivity index (χ4n) is 6.46. The van der Waals surface area contributed by atoms with Crippen LogP contribution in [0.25, 0.3) is 0 Å². The number of carbonyl (C=O) groups excluding carboxylic acids is 1. The van der Waals surface area contributed by atoms with Crippen molar-refractivity contribution in [2.75, 3.05) is 0 Å². The first-order chi connectivity index (χ1) is 13.9. The standard InChI is InChI=1S/C27H38O2/c1-18(9-16-26(29)22-12-13-22)23-14-15-24-21(7-5-17-27(23,24)3)11-10-20-6-4-8-25(28)19(20)2/h9-11,16,18,22-25,28H,2,4-8,12-15,17H2,1,3H3/b16-9+,20-10-,21-11+/t18?,23-,24+,25+,27-/m1/s1. The van der Waals surface area contributed by atoms with E-state index in [2.05, 4.69) is 38.7 Å². The molecule has 4 fully saturated rings. The monoisotopic (exact) mass is 394 g/mol. The summed E-state index contributed by atoms with van der Waals surface area (Å²) >= 11 is 0. The van der Waals surface area contributed by atoms with Crippen LogP contribution in [0.3, 0.4) is 0 Å². The number of hydrogen-bond donors (Lipinski definition) is 1. The zero-order chi connectivity index (χ0) is 20.6. The molecule has 1 unspecified atom stereocenters. The Labute approximate surface area is 176 Å². The third kappa shape index (κ3) is 4.24. The second-order valence-electron chi connectivity index (χ2n) is 10.4. The predicted octanol–water partition coefficient (Wildman–Crippen LogP) is 6.33. The molecule has 0 saturated heterocycles. The van der Waals surface area contributed by atoms with Gasteiger partial charge in [-0.2, -0.15) is 0 Å². The molecule has 29 heavy (non-hydrogen) atoms. The van der Waals surface area contributed by atoms with Gasteiger partial charge < -0.3 is 5.11 Å². The molecule has 0 aromatic carbocycles. The van der Waals surface area contributed by atoms with Crippen molar-refractivity contribution in [1.29, 1.82) is 0 Å². The van der Waals surface area contributed by atoms with Gasteiger partial charge in [0.1, 0.15) is 0 Å². The fourth-order valence-corrected chi connectivity index (χ4v) is 6.46. The molecule has 2 nitrogen and oxygen atoms in total. The summed E-state index contributed by atoms with van der Waals surface area (Å²) in [5.74, 6) is 2.48. The van der Waals surface area contributed by atoms with Gasteiger partial charge in [-0.3, -0.25) is 4.79 Å². The van der Waals surface area contributed by atoms with E-state index >= 15 is 0 Å².